The summed E-state index contributed by atoms with van der Waals surface area (Å²) in [5.41, 5.74) is 3.69. The van der Waals surface area contributed by atoms with Crippen molar-refractivity contribution in [1.29, 1.82) is 0 Å². The molecule has 1 aromatic carbocycles. The van der Waals surface area contributed by atoms with Crippen LogP contribution < -0.4 is 10.1 Å². The first-order chi connectivity index (χ1) is 14.8. The van der Waals surface area contributed by atoms with Crippen LogP contribution in [0.3, 0.4) is 0 Å². The fourth-order valence-electron chi connectivity index (χ4n) is 4.09. The summed E-state index contributed by atoms with van der Waals surface area (Å²) in [4.78, 5) is 27.2. The van der Waals surface area contributed by atoms with E-state index in [-0.39, 0.29) is 23.8 Å². The number of hydrogen-bond donors (Lipinski definition) is 2. The van der Waals surface area contributed by atoms with Gasteiger partial charge in [-0.25, -0.2) is 0 Å². The smallest absolute Gasteiger partial charge is 0.255 e. The van der Waals surface area contributed by atoms with Crippen molar-refractivity contribution in [1.82, 2.24) is 20.4 Å². The largest absolute Gasteiger partial charge is 0.492 e. The van der Waals surface area contributed by atoms with Crippen LogP contribution in [0.15, 0.2) is 24.3 Å². The van der Waals surface area contributed by atoms with Crippen LogP contribution in [-0.2, 0) is 11.2 Å². The number of H-pyrrole nitrogens is 1. The molecule has 7 heteroatoms. The highest BCUT2D eigenvalue weighted by atomic mass is 16.5. The Morgan fingerprint density at radius 2 is 2.06 bits per heavy atom. The molecule has 1 aliphatic rings. The van der Waals surface area contributed by atoms with Crippen molar-refractivity contribution in [3.63, 3.8) is 0 Å². The average molecular weight is 427 g/mol. The Labute approximate surface area is 184 Å². The van der Waals surface area contributed by atoms with E-state index in [0.717, 1.165) is 36.3 Å². The number of nitrogens with zero attached hydrogens (tertiary/aromatic N) is 2. The van der Waals surface area contributed by atoms with Gasteiger partial charge in [0.05, 0.1) is 17.9 Å². The number of ether oxygens (including phenoxy) is 1. The van der Waals surface area contributed by atoms with E-state index in [9.17, 15) is 9.59 Å². The summed E-state index contributed by atoms with van der Waals surface area (Å²) in [6, 6.07) is 7.39. The number of benzene rings is 1. The van der Waals surface area contributed by atoms with Gasteiger partial charge in [-0.3, -0.25) is 14.7 Å². The lowest BCUT2D eigenvalue weighted by molar-refractivity contribution is -0.133. The van der Waals surface area contributed by atoms with Crippen LogP contribution in [-0.4, -0.2) is 52.6 Å². The first kappa shape index (κ1) is 22.8. The van der Waals surface area contributed by atoms with Crippen molar-refractivity contribution in [2.45, 2.75) is 59.4 Å². The molecule has 0 bridgehead atoms. The molecule has 1 aliphatic heterocycles. The molecule has 1 atom stereocenters. The Morgan fingerprint density at radius 3 is 2.77 bits per heavy atom. The van der Waals surface area contributed by atoms with Crippen LogP contribution in [0, 0.1) is 19.8 Å². The van der Waals surface area contributed by atoms with E-state index in [0.29, 0.717) is 37.3 Å². The van der Waals surface area contributed by atoms with Gasteiger partial charge in [0.2, 0.25) is 5.91 Å². The number of nitrogens with one attached hydrogen (secondary N) is 2. The molecule has 1 saturated heterocycles. The Hall–Kier alpha value is -2.83. The highest BCUT2D eigenvalue weighted by Crippen LogP contribution is 2.23. The number of aromatic nitrogens is 2. The van der Waals surface area contributed by atoms with Crippen LogP contribution >= 0.6 is 0 Å². The third-order valence-electron chi connectivity index (χ3n) is 5.77. The van der Waals surface area contributed by atoms with Crippen molar-refractivity contribution in [3.8, 4) is 5.75 Å². The van der Waals surface area contributed by atoms with Gasteiger partial charge >= 0.3 is 0 Å². The zero-order chi connectivity index (χ0) is 22.4. The fourth-order valence-corrected chi connectivity index (χ4v) is 4.09. The zero-order valence-corrected chi connectivity index (χ0v) is 19.0. The van der Waals surface area contributed by atoms with Crippen LogP contribution in [0.2, 0.25) is 0 Å². The SMILES string of the molecule is Cc1n[nH]c(C)c1CCC(=O)N1CCCC(COc2ccccc2C(=O)NC(C)C)C1. The second-order valence-corrected chi connectivity index (χ2v) is 8.70. The lowest BCUT2D eigenvalue weighted by Gasteiger charge is -2.33. The molecular formula is C24H34N4O3. The van der Waals surface area contributed by atoms with E-state index in [4.69, 9.17) is 4.74 Å². The van der Waals surface area contributed by atoms with E-state index in [1.165, 1.54) is 0 Å². The van der Waals surface area contributed by atoms with Crippen molar-refractivity contribution < 1.29 is 14.3 Å². The molecule has 0 spiro atoms. The summed E-state index contributed by atoms with van der Waals surface area (Å²) in [6.45, 7) is 9.82. The minimum Gasteiger partial charge on any atom is -0.492 e. The standard InChI is InChI=1S/C24H34N4O3/c1-16(2)25-24(30)21-9-5-6-10-22(21)31-15-19-8-7-13-28(14-19)23(29)12-11-20-17(3)26-27-18(20)4/h5-6,9-10,16,19H,7-8,11-15H2,1-4H3,(H,25,30)(H,26,27). The fraction of sp³-hybridized carbons (Fsp3) is 0.542. The number of aromatic amines is 1. The molecule has 7 nitrogen and oxygen atoms in total. The molecule has 1 unspecified atom stereocenters. The van der Waals surface area contributed by atoms with Crippen LogP contribution in [0.5, 0.6) is 5.75 Å². The number of carbonyl (C=O) groups is 2. The lowest BCUT2D eigenvalue weighted by atomic mass is 9.98. The van der Waals surface area contributed by atoms with Gasteiger partial charge < -0.3 is 15.0 Å². The van der Waals surface area contributed by atoms with Gasteiger partial charge in [0, 0.05) is 37.2 Å². The second-order valence-electron chi connectivity index (χ2n) is 8.70. The van der Waals surface area contributed by atoms with E-state index < -0.39 is 0 Å². The minimum atomic E-state index is -0.129. The third-order valence-corrected chi connectivity index (χ3v) is 5.77. The maximum atomic E-state index is 12.8. The van der Waals surface area contributed by atoms with Crippen molar-refractivity contribution in [2.75, 3.05) is 19.7 Å². The van der Waals surface area contributed by atoms with Crippen LogP contribution in [0.1, 0.15) is 60.4 Å². The van der Waals surface area contributed by atoms with Crippen LogP contribution in [0.25, 0.3) is 0 Å². The van der Waals surface area contributed by atoms with Gasteiger partial charge in [-0.2, -0.15) is 5.10 Å². The third kappa shape index (κ3) is 6.09. The summed E-state index contributed by atoms with van der Waals surface area (Å²) < 4.78 is 6.05. The van der Waals surface area contributed by atoms with Gasteiger partial charge in [-0.15, -0.1) is 0 Å². The Kier molecular flexibility index (Phi) is 7.71. The Bertz CT molecular complexity index is 886. The van der Waals surface area contributed by atoms with E-state index in [2.05, 4.69) is 15.5 Å². The van der Waals surface area contributed by atoms with E-state index >= 15 is 0 Å². The monoisotopic (exact) mass is 426 g/mol. The number of hydrogen-bond acceptors (Lipinski definition) is 4. The quantitative estimate of drug-likeness (QED) is 0.677. The summed E-state index contributed by atoms with van der Waals surface area (Å²) in [5, 5.41) is 10.1. The van der Waals surface area contributed by atoms with Crippen molar-refractivity contribution in [3.05, 3.63) is 46.8 Å². The summed E-state index contributed by atoms with van der Waals surface area (Å²) in [6.07, 6.45) is 3.19. The average Bonchev–Trinajstić information content (AvgIpc) is 3.07. The number of aryl methyl sites for hydroxylation is 2. The summed E-state index contributed by atoms with van der Waals surface area (Å²) in [5.74, 6) is 0.906. The molecular weight excluding hydrogens is 392 g/mol. The first-order valence-electron chi connectivity index (χ1n) is 11.2. The number of para-hydroxylation sites is 1. The normalized spacial score (nSPS) is 16.4. The topological polar surface area (TPSA) is 87.3 Å². The number of rotatable bonds is 8. The molecule has 2 heterocycles. The van der Waals surface area contributed by atoms with Crippen LogP contribution in [0.4, 0.5) is 0 Å². The maximum absolute atomic E-state index is 12.8. The first-order valence-corrected chi connectivity index (χ1v) is 11.2. The molecule has 168 valence electrons. The predicted octanol–water partition coefficient (Wildman–Crippen LogP) is 3.41. The van der Waals surface area contributed by atoms with E-state index in [1.807, 2.05) is 50.8 Å². The molecule has 1 fully saturated rings. The molecule has 0 saturated carbocycles. The highest BCUT2D eigenvalue weighted by Gasteiger charge is 2.25. The molecule has 1 aromatic heterocycles. The molecule has 2 aromatic rings. The van der Waals surface area contributed by atoms with E-state index in [1.54, 1.807) is 6.07 Å². The minimum absolute atomic E-state index is 0.0631. The predicted molar refractivity (Wildman–Crippen MR) is 120 cm³/mol. The Morgan fingerprint density at radius 1 is 1.29 bits per heavy atom. The van der Waals surface area contributed by atoms with Gasteiger partial charge in [0.25, 0.3) is 5.91 Å². The second kappa shape index (κ2) is 10.5. The van der Waals surface area contributed by atoms with Gasteiger partial charge in [-0.05, 0) is 64.7 Å². The number of piperidine rings is 1. The van der Waals surface area contributed by atoms with Crippen molar-refractivity contribution >= 4 is 11.8 Å². The lowest BCUT2D eigenvalue weighted by Crippen LogP contribution is -2.41. The maximum Gasteiger partial charge on any atom is 0.255 e. The molecule has 3 rings (SSSR count). The molecule has 0 radical (unpaired) electrons. The van der Waals surface area contributed by atoms with Gasteiger partial charge in [0.15, 0.2) is 0 Å². The zero-order valence-electron chi connectivity index (χ0n) is 19.0. The molecule has 31 heavy (non-hydrogen) atoms. The van der Waals surface area contributed by atoms with Gasteiger partial charge in [0.1, 0.15) is 5.75 Å². The van der Waals surface area contributed by atoms with Crippen molar-refractivity contribution in [2.24, 2.45) is 5.92 Å². The number of carbonyl (C=O) groups excluding carboxylic acids is 2. The number of likely N-dealkylation sites (tertiary alicyclic amines) is 1. The van der Waals surface area contributed by atoms with Gasteiger partial charge in [-0.1, -0.05) is 12.1 Å². The number of amides is 2. The molecule has 2 amide bonds. The molecule has 2 N–H and O–H groups in total. The highest BCUT2D eigenvalue weighted by molar-refractivity contribution is 5.97. The summed E-state index contributed by atoms with van der Waals surface area (Å²) in [7, 11) is 0. The molecule has 0 aliphatic carbocycles. The Balaban J connectivity index is 1.53. The summed E-state index contributed by atoms with van der Waals surface area (Å²) >= 11 is 0.